The van der Waals surface area contributed by atoms with Gasteiger partial charge in [-0.2, -0.15) is 15.4 Å². The predicted octanol–water partition coefficient (Wildman–Crippen LogP) is 3.79. The second-order valence-electron chi connectivity index (χ2n) is 9.53. The standard InChI is InChI=1S/C27H34N4O4/c1-19(2)13-14-35-26(34)27(3,18-32)16-23(29-25(33)24-17-28-31-30-24)15-20-9-11-22(12-10-20)21-7-5-4-6-8-21/h4-12,17,19,23,32H,13-16,18H2,1-3H3,(H,29,33)(H,28,30,31)/t23-,27?/m1/s1. The lowest BCUT2D eigenvalue weighted by atomic mass is 9.82. The number of amides is 1. The first-order valence-corrected chi connectivity index (χ1v) is 11.9. The average molecular weight is 479 g/mol. The second-order valence-corrected chi connectivity index (χ2v) is 9.53. The summed E-state index contributed by atoms with van der Waals surface area (Å²) in [6.45, 7) is 5.67. The van der Waals surface area contributed by atoms with E-state index < -0.39 is 29.9 Å². The van der Waals surface area contributed by atoms with Crippen LogP contribution >= 0.6 is 0 Å². The van der Waals surface area contributed by atoms with Crippen LogP contribution < -0.4 is 5.32 Å². The van der Waals surface area contributed by atoms with Crippen LogP contribution in [0.1, 0.15) is 49.7 Å². The van der Waals surface area contributed by atoms with Gasteiger partial charge in [0.25, 0.3) is 5.91 Å². The highest BCUT2D eigenvalue weighted by atomic mass is 16.5. The third-order valence-electron chi connectivity index (χ3n) is 5.99. The maximum absolute atomic E-state index is 12.9. The summed E-state index contributed by atoms with van der Waals surface area (Å²) in [7, 11) is 0. The summed E-state index contributed by atoms with van der Waals surface area (Å²) in [4.78, 5) is 25.6. The third-order valence-corrected chi connectivity index (χ3v) is 5.99. The van der Waals surface area contributed by atoms with E-state index in [1.54, 1.807) is 6.92 Å². The maximum atomic E-state index is 12.9. The minimum Gasteiger partial charge on any atom is -0.465 e. The summed E-state index contributed by atoms with van der Waals surface area (Å²) in [5, 5.41) is 23.0. The minimum absolute atomic E-state index is 0.152. The molecule has 8 heteroatoms. The molecule has 8 nitrogen and oxygen atoms in total. The number of aromatic nitrogens is 3. The Labute approximate surface area is 206 Å². The van der Waals surface area contributed by atoms with Crippen LogP contribution in [0.3, 0.4) is 0 Å². The van der Waals surface area contributed by atoms with Gasteiger partial charge in [-0.25, -0.2) is 0 Å². The van der Waals surface area contributed by atoms with Gasteiger partial charge in [0.1, 0.15) is 0 Å². The highest BCUT2D eigenvalue weighted by Gasteiger charge is 2.37. The number of aliphatic hydroxyl groups is 1. The largest absolute Gasteiger partial charge is 0.465 e. The molecule has 0 radical (unpaired) electrons. The Balaban J connectivity index is 1.76. The van der Waals surface area contributed by atoms with E-state index >= 15 is 0 Å². The first kappa shape index (κ1) is 26.1. The van der Waals surface area contributed by atoms with Gasteiger partial charge in [0.2, 0.25) is 0 Å². The number of carbonyl (C=O) groups is 2. The molecule has 0 aliphatic heterocycles. The topological polar surface area (TPSA) is 117 Å². The molecule has 0 spiro atoms. The van der Waals surface area contributed by atoms with Crippen molar-refractivity contribution < 1.29 is 19.4 Å². The summed E-state index contributed by atoms with van der Waals surface area (Å²) in [6.07, 6.45) is 2.75. The number of H-pyrrole nitrogens is 1. The Hall–Kier alpha value is -3.52. The fraction of sp³-hybridized carbons (Fsp3) is 0.407. The highest BCUT2D eigenvalue weighted by Crippen LogP contribution is 2.27. The monoisotopic (exact) mass is 478 g/mol. The van der Waals surface area contributed by atoms with Crippen LogP contribution in [0.25, 0.3) is 11.1 Å². The normalized spacial score (nSPS) is 13.7. The zero-order valence-electron chi connectivity index (χ0n) is 20.5. The molecule has 0 fully saturated rings. The first-order chi connectivity index (χ1) is 16.8. The Bertz CT molecular complexity index is 1070. The number of hydrogen-bond donors (Lipinski definition) is 3. The van der Waals surface area contributed by atoms with Gasteiger partial charge in [0, 0.05) is 6.04 Å². The molecule has 3 N–H and O–H groups in total. The predicted molar refractivity (Wildman–Crippen MR) is 133 cm³/mol. The molecule has 3 aromatic rings. The molecule has 0 saturated carbocycles. The first-order valence-electron chi connectivity index (χ1n) is 11.9. The number of nitrogens with zero attached hydrogens (tertiary/aromatic N) is 2. The number of hydrogen-bond acceptors (Lipinski definition) is 6. The SMILES string of the molecule is CC(C)CCOC(=O)C(C)(CO)C[C@@H](Cc1ccc(-c2ccccc2)cc1)NC(=O)c1cn[nH]n1. The molecule has 0 saturated heterocycles. The van der Waals surface area contributed by atoms with Crippen molar-refractivity contribution in [2.45, 2.75) is 46.1 Å². The van der Waals surface area contributed by atoms with Crippen LogP contribution in [0.15, 0.2) is 60.8 Å². The van der Waals surface area contributed by atoms with Gasteiger partial charge in [0.15, 0.2) is 5.69 Å². The van der Waals surface area contributed by atoms with Crippen molar-refractivity contribution in [2.24, 2.45) is 11.3 Å². The number of aromatic amines is 1. The molecule has 0 aliphatic carbocycles. The van der Waals surface area contributed by atoms with Crippen molar-refractivity contribution in [1.82, 2.24) is 20.7 Å². The van der Waals surface area contributed by atoms with Crippen molar-refractivity contribution in [2.75, 3.05) is 13.2 Å². The quantitative estimate of drug-likeness (QED) is 0.341. The van der Waals surface area contributed by atoms with Crippen molar-refractivity contribution >= 4 is 11.9 Å². The van der Waals surface area contributed by atoms with Gasteiger partial charge in [-0.05, 0) is 48.8 Å². The number of esters is 1. The summed E-state index contributed by atoms with van der Waals surface area (Å²) in [6, 6.07) is 17.7. The average Bonchev–Trinajstić information content (AvgIpc) is 3.40. The Kier molecular flexibility index (Phi) is 9.14. The van der Waals surface area contributed by atoms with E-state index in [2.05, 4.69) is 34.6 Å². The number of benzene rings is 2. The van der Waals surface area contributed by atoms with Gasteiger partial charge in [-0.1, -0.05) is 68.4 Å². The molecule has 0 aliphatic rings. The summed E-state index contributed by atoms with van der Waals surface area (Å²) < 4.78 is 5.46. The molecular weight excluding hydrogens is 444 g/mol. The van der Waals surface area contributed by atoms with Crippen LogP contribution in [0.4, 0.5) is 0 Å². The van der Waals surface area contributed by atoms with Crippen LogP contribution in [0.5, 0.6) is 0 Å². The Morgan fingerprint density at radius 2 is 1.77 bits per heavy atom. The van der Waals surface area contributed by atoms with Crippen molar-refractivity contribution in [3.63, 3.8) is 0 Å². The van der Waals surface area contributed by atoms with E-state index in [1.165, 1.54) is 6.20 Å². The van der Waals surface area contributed by atoms with Crippen molar-refractivity contribution in [3.05, 3.63) is 72.1 Å². The molecule has 2 aromatic carbocycles. The summed E-state index contributed by atoms with van der Waals surface area (Å²) in [5.41, 5.74) is 2.18. The lowest BCUT2D eigenvalue weighted by Crippen LogP contribution is -2.45. The van der Waals surface area contributed by atoms with E-state index in [-0.39, 0.29) is 12.1 Å². The minimum atomic E-state index is -1.16. The molecule has 2 atom stereocenters. The Morgan fingerprint density at radius 1 is 1.09 bits per heavy atom. The van der Waals surface area contributed by atoms with Crippen LogP contribution in [0, 0.1) is 11.3 Å². The summed E-state index contributed by atoms with van der Waals surface area (Å²) in [5.74, 6) is -0.476. The van der Waals surface area contributed by atoms with E-state index in [0.717, 1.165) is 23.1 Å². The second kappa shape index (κ2) is 12.3. The Morgan fingerprint density at radius 3 is 2.37 bits per heavy atom. The molecule has 0 bridgehead atoms. The van der Waals surface area contributed by atoms with E-state index in [1.807, 2.05) is 54.6 Å². The van der Waals surface area contributed by atoms with Crippen LogP contribution in [0.2, 0.25) is 0 Å². The van der Waals surface area contributed by atoms with Gasteiger partial charge in [0.05, 0.1) is 24.8 Å². The number of nitrogens with one attached hydrogen (secondary N) is 2. The molecule has 186 valence electrons. The van der Waals surface area contributed by atoms with Crippen LogP contribution in [-0.4, -0.2) is 51.6 Å². The smallest absolute Gasteiger partial charge is 0.314 e. The molecule has 1 unspecified atom stereocenters. The van der Waals surface area contributed by atoms with Gasteiger partial charge >= 0.3 is 5.97 Å². The molecule has 3 rings (SSSR count). The van der Waals surface area contributed by atoms with Crippen LogP contribution in [-0.2, 0) is 16.0 Å². The van der Waals surface area contributed by atoms with Gasteiger partial charge in [-0.15, -0.1) is 0 Å². The number of aliphatic hydroxyl groups excluding tert-OH is 1. The van der Waals surface area contributed by atoms with Crippen molar-refractivity contribution in [3.8, 4) is 11.1 Å². The zero-order valence-corrected chi connectivity index (χ0v) is 20.5. The number of ether oxygens (including phenoxy) is 1. The lowest BCUT2D eigenvalue weighted by Gasteiger charge is -2.30. The number of rotatable bonds is 12. The zero-order chi connectivity index (χ0) is 25.3. The molecule has 35 heavy (non-hydrogen) atoms. The molecule has 1 heterocycles. The lowest BCUT2D eigenvalue weighted by molar-refractivity contribution is -0.158. The van der Waals surface area contributed by atoms with Crippen molar-refractivity contribution in [1.29, 1.82) is 0 Å². The third kappa shape index (κ3) is 7.48. The summed E-state index contributed by atoms with van der Waals surface area (Å²) >= 11 is 0. The molecule has 1 amide bonds. The molecule has 1 aromatic heterocycles. The van der Waals surface area contributed by atoms with E-state index in [9.17, 15) is 14.7 Å². The van der Waals surface area contributed by atoms with Gasteiger partial charge < -0.3 is 15.2 Å². The fourth-order valence-electron chi connectivity index (χ4n) is 3.81. The highest BCUT2D eigenvalue weighted by molar-refractivity contribution is 5.92. The molecular formula is C27H34N4O4. The fourth-order valence-corrected chi connectivity index (χ4v) is 3.81. The van der Waals surface area contributed by atoms with Gasteiger partial charge in [-0.3, -0.25) is 9.59 Å². The van der Waals surface area contributed by atoms with E-state index in [4.69, 9.17) is 4.74 Å². The van der Waals surface area contributed by atoms with E-state index in [0.29, 0.717) is 18.9 Å². The maximum Gasteiger partial charge on any atom is 0.314 e. The number of carbonyl (C=O) groups excluding carboxylic acids is 2.